The predicted octanol–water partition coefficient (Wildman–Crippen LogP) is 5.06. The first-order valence-corrected chi connectivity index (χ1v) is 9.47. The van der Waals surface area contributed by atoms with E-state index < -0.39 is 0 Å². The van der Waals surface area contributed by atoms with Gasteiger partial charge >= 0.3 is 0 Å². The molecule has 0 fully saturated rings. The average molecular weight is 379 g/mol. The highest BCUT2D eigenvalue weighted by Gasteiger charge is 2.01. The Balaban J connectivity index is 1.45. The summed E-state index contributed by atoms with van der Waals surface area (Å²) in [6, 6.07) is 23.9. The molecule has 0 saturated heterocycles. The molecule has 0 radical (unpaired) electrons. The standard InChI is InChI=1S/C23H23ClN2O/c24-22-8-2-4-18(15-22)10-11-25-12-13-26-23-9-3-7-21(16-23)20-6-1-5-19(14-20)17-27/h1-9,14-17,25-26H,10-13H2. The third-order valence-electron chi connectivity index (χ3n) is 4.33. The maximum Gasteiger partial charge on any atom is 0.150 e. The number of hydrogen-bond acceptors (Lipinski definition) is 3. The van der Waals surface area contributed by atoms with Crippen molar-refractivity contribution in [3.8, 4) is 11.1 Å². The van der Waals surface area contributed by atoms with Crippen molar-refractivity contribution < 1.29 is 4.79 Å². The second-order valence-corrected chi connectivity index (χ2v) is 6.82. The minimum atomic E-state index is 0.690. The Labute approximate surface area is 165 Å². The summed E-state index contributed by atoms with van der Waals surface area (Å²) in [5.41, 5.74) is 5.14. The van der Waals surface area contributed by atoms with Crippen LogP contribution < -0.4 is 10.6 Å². The molecule has 0 amide bonds. The number of hydrogen-bond donors (Lipinski definition) is 2. The lowest BCUT2D eigenvalue weighted by atomic mass is 10.0. The van der Waals surface area contributed by atoms with E-state index in [0.29, 0.717) is 5.56 Å². The van der Waals surface area contributed by atoms with Crippen LogP contribution >= 0.6 is 11.6 Å². The largest absolute Gasteiger partial charge is 0.384 e. The Morgan fingerprint density at radius 1 is 0.815 bits per heavy atom. The lowest BCUT2D eigenvalue weighted by Crippen LogP contribution is -2.24. The summed E-state index contributed by atoms with van der Waals surface area (Å²) in [4.78, 5) is 11.0. The molecule has 0 saturated carbocycles. The first-order chi connectivity index (χ1) is 13.2. The van der Waals surface area contributed by atoms with Crippen molar-refractivity contribution in [2.45, 2.75) is 6.42 Å². The van der Waals surface area contributed by atoms with Crippen LogP contribution in [0.1, 0.15) is 15.9 Å². The maximum atomic E-state index is 11.0. The van der Waals surface area contributed by atoms with Gasteiger partial charge in [0.05, 0.1) is 0 Å². The van der Waals surface area contributed by atoms with Crippen LogP contribution in [0.4, 0.5) is 5.69 Å². The quantitative estimate of drug-likeness (QED) is 0.403. The number of halogens is 1. The lowest BCUT2D eigenvalue weighted by Gasteiger charge is -2.10. The Bertz CT molecular complexity index is 895. The molecule has 3 aromatic rings. The zero-order chi connectivity index (χ0) is 18.9. The van der Waals surface area contributed by atoms with Gasteiger partial charge in [-0.15, -0.1) is 0 Å². The Kier molecular flexibility index (Phi) is 7.03. The number of nitrogens with one attached hydrogen (secondary N) is 2. The molecule has 0 unspecified atom stereocenters. The van der Waals surface area contributed by atoms with Gasteiger partial charge in [0.15, 0.2) is 0 Å². The first kappa shape index (κ1) is 19.2. The van der Waals surface area contributed by atoms with Crippen molar-refractivity contribution >= 4 is 23.6 Å². The van der Waals surface area contributed by atoms with E-state index in [9.17, 15) is 4.79 Å². The minimum Gasteiger partial charge on any atom is -0.384 e. The zero-order valence-corrected chi connectivity index (χ0v) is 15.9. The normalized spacial score (nSPS) is 10.6. The molecule has 0 aliphatic heterocycles. The van der Waals surface area contributed by atoms with E-state index in [-0.39, 0.29) is 0 Å². The fourth-order valence-electron chi connectivity index (χ4n) is 2.95. The third-order valence-corrected chi connectivity index (χ3v) is 4.56. The number of aldehydes is 1. The Morgan fingerprint density at radius 3 is 2.41 bits per heavy atom. The SMILES string of the molecule is O=Cc1cccc(-c2cccc(NCCNCCc3cccc(Cl)c3)c2)c1. The van der Waals surface area contributed by atoms with Gasteiger partial charge in [-0.1, -0.05) is 54.1 Å². The van der Waals surface area contributed by atoms with Crippen molar-refractivity contribution in [2.75, 3.05) is 25.0 Å². The molecule has 0 aliphatic rings. The topological polar surface area (TPSA) is 41.1 Å². The molecular weight excluding hydrogens is 356 g/mol. The number of anilines is 1. The number of benzene rings is 3. The minimum absolute atomic E-state index is 0.690. The zero-order valence-electron chi connectivity index (χ0n) is 15.1. The molecule has 0 aromatic heterocycles. The van der Waals surface area contributed by atoms with Crippen LogP contribution in [0.25, 0.3) is 11.1 Å². The highest BCUT2D eigenvalue weighted by molar-refractivity contribution is 6.30. The molecule has 4 heteroatoms. The van der Waals surface area contributed by atoms with Gasteiger partial charge in [0.25, 0.3) is 0 Å². The van der Waals surface area contributed by atoms with E-state index >= 15 is 0 Å². The summed E-state index contributed by atoms with van der Waals surface area (Å²) in [7, 11) is 0. The Hall–Kier alpha value is -2.62. The van der Waals surface area contributed by atoms with Gasteiger partial charge in [0.1, 0.15) is 6.29 Å². The first-order valence-electron chi connectivity index (χ1n) is 9.09. The predicted molar refractivity (Wildman–Crippen MR) is 114 cm³/mol. The third kappa shape index (κ3) is 5.95. The molecular formula is C23H23ClN2O. The molecule has 0 atom stereocenters. The van der Waals surface area contributed by atoms with Gasteiger partial charge in [-0.25, -0.2) is 0 Å². The van der Waals surface area contributed by atoms with E-state index in [0.717, 1.165) is 54.2 Å². The summed E-state index contributed by atoms with van der Waals surface area (Å²) in [6.45, 7) is 2.64. The van der Waals surface area contributed by atoms with Crippen LogP contribution in [0.15, 0.2) is 72.8 Å². The van der Waals surface area contributed by atoms with Crippen LogP contribution in [0, 0.1) is 0 Å². The van der Waals surface area contributed by atoms with Gasteiger partial charge in [0, 0.05) is 29.4 Å². The molecule has 0 bridgehead atoms. The Morgan fingerprint density at radius 2 is 1.59 bits per heavy atom. The molecule has 0 spiro atoms. The highest BCUT2D eigenvalue weighted by atomic mass is 35.5. The smallest absolute Gasteiger partial charge is 0.150 e. The van der Waals surface area contributed by atoms with Gasteiger partial charge in [-0.05, 0) is 60.0 Å². The van der Waals surface area contributed by atoms with E-state index in [1.807, 2.05) is 48.5 Å². The monoisotopic (exact) mass is 378 g/mol. The van der Waals surface area contributed by atoms with E-state index in [4.69, 9.17) is 11.6 Å². The van der Waals surface area contributed by atoms with Crippen molar-refractivity contribution in [2.24, 2.45) is 0 Å². The summed E-state index contributed by atoms with van der Waals surface area (Å²) in [6.07, 6.45) is 1.84. The van der Waals surface area contributed by atoms with E-state index in [1.54, 1.807) is 0 Å². The van der Waals surface area contributed by atoms with Crippen molar-refractivity contribution in [1.82, 2.24) is 5.32 Å². The van der Waals surface area contributed by atoms with Crippen LogP contribution in [0.3, 0.4) is 0 Å². The van der Waals surface area contributed by atoms with Gasteiger partial charge in [-0.3, -0.25) is 4.79 Å². The summed E-state index contributed by atoms with van der Waals surface area (Å²) < 4.78 is 0. The average Bonchev–Trinajstić information content (AvgIpc) is 2.71. The molecule has 138 valence electrons. The van der Waals surface area contributed by atoms with E-state index in [2.05, 4.69) is 34.9 Å². The molecule has 0 aliphatic carbocycles. The van der Waals surface area contributed by atoms with Gasteiger partial charge < -0.3 is 10.6 Å². The van der Waals surface area contributed by atoms with Crippen molar-refractivity contribution in [3.63, 3.8) is 0 Å². The summed E-state index contributed by atoms with van der Waals surface area (Å²) >= 11 is 6.00. The van der Waals surface area contributed by atoms with Crippen molar-refractivity contribution in [1.29, 1.82) is 0 Å². The number of carbonyl (C=O) groups excluding carboxylic acids is 1. The fraction of sp³-hybridized carbons (Fsp3) is 0.174. The van der Waals surface area contributed by atoms with Crippen LogP contribution in [0.5, 0.6) is 0 Å². The fourth-order valence-corrected chi connectivity index (χ4v) is 3.16. The summed E-state index contributed by atoms with van der Waals surface area (Å²) in [5, 5.41) is 7.66. The summed E-state index contributed by atoms with van der Waals surface area (Å²) in [5.74, 6) is 0. The second-order valence-electron chi connectivity index (χ2n) is 6.38. The maximum absolute atomic E-state index is 11.0. The molecule has 2 N–H and O–H groups in total. The molecule has 3 aromatic carbocycles. The molecule has 3 rings (SSSR count). The highest BCUT2D eigenvalue weighted by Crippen LogP contribution is 2.23. The molecule has 27 heavy (non-hydrogen) atoms. The number of rotatable bonds is 9. The van der Waals surface area contributed by atoms with Crippen LogP contribution in [-0.4, -0.2) is 25.9 Å². The lowest BCUT2D eigenvalue weighted by molar-refractivity contribution is 0.112. The molecule has 3 nitrogen and oxygen atoms in total. The number of carbonyl (C=O) groups is 1. The van der Waals surface area contributed by atoms with Gasteiger partial charge in [-0.2, -0.15) is 0 Å². The van der Waals surface area contributed by atoms with E-state index in [1.165, 1.54) is 5.56 Å². The van der Waals surface area contributed by atoms with Crippen LogP contribution in [-0.2, 0) is 6.42 Å². The molecule has 0 heterocycles. The van der Waals surface area contributed by atoms with Crippen LogP contribution in [0.2, 0.25) is 5.02 Å². The second kappa shape index (κ2) is 9.91. The van der Waals surface area contributed by atoms with Gasteiger partial charge in [0.2, 0.25) is 0 Å². The van der Waals surface area contributed by atoms with Crippen molar-refractivity contribution in [3.05, 3.63) is 88.9 Å².